The van der Waals surface area contributed by atoms with E-state index >= 15 is 0 Å². The van der Waals surface area contributed by atoms with Crippen molar-refractivity contribution in [1.82, 2.24) is 4.98 Å². The molecule has 2 aromatic carbocycles. The fraction of sp³-hybridized carbons (Fsp3) is 0.333. The summed E-state index contributed by atoms with van der Waals surface area (Å²) in [6.07, 6.45) is 2.97. The lowest BCUT2D eigenvalue weighted by molar-refractivity contribution is -0.856. The fourth-order valence-corrected chi connectivity index (χ4v) is 4.35. The number of quaternary nitrogens is 1. The number of para-hydroxylation sites is 1. The number of aromatic nitrogens is 1. The molecule has 27 heavy (non-hydrogen) atoms. The Labute approximate surface area is 169 Å². The van der Waals surface area contributed by atoms with Crippen LogP contribution in [0.15, 0.2) is 47.4 Å². The maximum absolute atomic E-state index is 13.3. The average molecular weight is 401 g/mol. The number of benzene rings is 2. The predicted molar refractivity (Wildman–Crippen MR) is 117 cm³/mol. The van der Waals surface area contributed by atoms with E-state index in [0.717, 1.165) is 33.2 Å². The highest BCUT2D eigenvalue weighted by Gasteiger charge is 2.22. The van der Waals surface area contributed by atoms with Crippen LogP contribution < -0.4 is 9.80 Å². The van der Waals surface area contributed by atoms with Crippen molar-refractivity contribution in [2.24, 2.45) is 0 Å². The first kappa shape index (κ1) is 19.9. The Morgan fingerprint density at radius 3 is 2.56 bits per heavy atom. The number of nitrogens with zero attached hydrogens (tertiary/aromatic N) is 2. The molecule has 6 heteroatoms. The Kier molecular flexibility index (Phi) is 6.52. The van der Waals surface area contributed by atoms with Crippen LogP contribution in [0.25, 0.3) is 10.2 Å². The minimum Gasteiger partial charge on any atom is -0.338 e. The predicted octanol–water partition coefficient (Wildman–Crippen LogP) is 3.37. The number of carbonyl (C=O) groups is 1. The second-order valence-corrected chi connectivity index (χ2v) is 8.65. The van der Waals surface area contributed by atoms with Gasteiger partial charge in [0.2, 0.25) is 0 Å². The van der Waals surface area contributed by atoms with Gasteiger partial charge in [0.15, 0.2) is 5.13 Å². The number of thiazole rings is 1. The van der Waals surface area contributed by atoms with Crippen molar-refractivity contribution in [3.63, 3.8) is 0 Å². The number of rotatable bonds is 7. The maximum atomic E-state index is 13.3. The van der Waals surface area contributed by atoms with E-state index in [9.17, 15) is 4.79 Å². The van der Waals surface area contributed by atoms with E-state index in [0.29, 0.717) is 12.1 Å². The van der Waals surface area contributed by atoms with Crippen LogP contribution >= 0.6 is 23.1 Å². The van der Waals surface area contributed by atoms with Crippen LogP contribution in [0.1, 0.15) is 22.8 Å². The summed E-state index contributed by atoms with van der Waals surface area (Å²) in [6.45, 7) is 3.65. The topological polar surface area (TPSA) is 37.6 Å². The first-order valence-corrected chi connectivity index (χ1v) is 11.2. The highest BCUT2D eigenvalue weighted by Crippen LogP contribution is 2.31. The second kappa shape index (κ2) is 8.87. The first-order valence-electron chi connectivity index (χ1n) is 9.16. The van der Waals surface area contributed by atoms with Crippen molar-refractivity contribution in [2.45, 2.75) is 18.2 Å². The maximum Gasteiger partial charge on any atom is 0.260 e. The van der Waals surface area contributed by atoms with Crippen molar-refractivity contribution in [3.05, 3.63) is 53.6 Å². The van der Waals surface area contributed by atoms with Crippen molar-refractivity contribution in [3.8, 4) is 0 Å². The number of aryl methyl sites for hydroxylation is 1. The van der Waals surface area contributed by atoms with Crippen LogP contribution in [0.2, 0.25) is 0 Å². The number of hydrogen-bond donors (Lipinski definition) is 1. The molecule has 1 heterocycles. The van der Waals surface area contributed by atoms with Crippen LogP contribution in [0.5, 0.6) is 0 Å². The molecule has 0 saturated heterocycles. The van der Waals surface area contributed by atoms with Crippen LogP contribution in [0.4, 0.5) is 5.13 Å². The molecule has 0 radical (unpaired) electrons. The lowest BCUT2D eigenvalue weighted by Crippen LogP contribution is -3.06. The molecule has 1 aromatic heterocycles. The van der Waals surface area contributed by atoms with Crippen molar-refractivity contribution < 1.29 is 9.69 Å². The van der Waals surface area contributed by atoms with Crippen LogP contribution in [-0.2, 0) is 6.42 Å². The van der Waals surface area contributed by atoms with Gasteiger partial charge in [0, 0.05) is 10.5 Å². The van der Waals surface area contributed by atoms with Crippen LogP contribution in [0, 0.1) is 0 Å². The molecule has 0 saturated carbocycles. The van der Waals surface area contributed by atoms with E-state index in [4.69, 9.17) is 4.98 Å². The number of nitrogens with one attached hydrogen (secondary N) is 1. The standard InChI is InChI=1S/C21H25N3OS2/c1-5-15-7-6-8-18-19(15)22-21(27-18)24(14-13-23(2)3)20(25)16-9-11-17(26-4)12-10-16/h6-12H,5,13-14H2,1-4H3/p+1. The number of likely N-dealkylation sites (N-methyl/N-ethyl adjacent to an activating group) is 1. The number of thioether (sulfide) groups is 1. The molecule has 0 fully saturated rings. The fourth-order valence-electron chi connectivity index (χ4n) is 2.90. The Morgan fingerprint density at radius 1 is 1.19 bits per heavy atom. The van der Waals surface area contributed by atoms with Crippen LogP contribution in [0.3, 0.4) is 0 Å². The molecular weight excluding hydrogens is 374 g/mol. The molecule has 3 rings (SSSR count). The summed E-state index contributed by atoms with van der Waals surface area (Å²) in [5, 5.41) is 0.783. The van der Waals surface area contributed by atoms with Gasteiger partial charge in [-0.1, -0.05) is 30.4 Å². The van der Waals surface area contributed by atoms with Crippen LogP contribution in [-0.4, -0.2) is 44.3 Å². The first-order chi connectivity index (χ1) is 13.0. The molecule has 0 aliphatic rings. The zero-order valence-corrected chi connectivity index (χ0v) is 17.9. The number of hydrogen-bond acceptors (Lipinski definition) is 4. The molecule has 0 spiro atoms. The molecule has 3 aromatic rings. The van der Waals surface area contributed by atoms with Gasteiger partial charge >= 0.3 is 0 Å². The smallest absolute Gasteiger partial charge is 0.260 e. The Balaban J connectivity index is 1.98. The SMILES string of the molecule is CCc1cccc2sc(N(CC[NH+](C)C)C(=O)c3ccc(SC)cc3)nc12. The quantitative estimate of drug-likeness (QED) is 0.618. The van der Waals surface area contributed by atoms with Gasteiger partial charge in [-0.15, -0.1) is 11.8 Å². The summed E-state index contributed by atoms with van der Waals surface area (Å²) in [7, 11) is 4.20. The molecule has 0 atom stereocenters. The normalized spacial score (nSPS) is 11.3. The minimum atomic E-state index is 0.0148. The third kappa shape index (κ3) is 4.51. The van der Waals surface area contributed by atoms with Gasteiger partial charge < -0.3 is 4.90 Å². The molecule has 0 bridgehead atoms. The van der Waals surface area contributed by atoms with E-state index in [1.54, 1.807) is 23.1 Å². The summed E-state index contributed by atoms with van der Waals surface area (Å²) in [5.74, 6) is 0.0148. The van der Waals surface area contributed by atoms with Crippen molar-refractivity contribution in [2.75, 3.05) is 38.3 Å². The molecule has 0 unspecified atom stereocenters. The van der Waals surface area contributed by atoms with Crippen molar-refractivity contribution >= 4 is 44.4 Å². The summed E-state index contributed by atoms with van der Waals surface area (Å²) in [5.41, 5.74) is 2.95. The van der Waals surface area contributed by atoms with E-state index < -0.39 is 0 Å². The summed E-state index contributed by atoms with van der Waals surface area (Å²) in [4.78, 5) is 22.4. The summed E-state index contributed by atoms with van der Waals surface area (Å²) in [6, 6.07) is 14.1. The Morgan fingerprint density at radius 2 is 1.93 bits per heavy atom. The van der Waals surface area contributed by atoms with Crippen molar-refractivity contribution in [1.29, 1.82) is 0 Å². The Hall–Kier alpha value is -1.89. The highest BCUT2D eigenvalue weighted by molar-refractivity contribution is 7.98. The number of amides is 1. The van der Waals surface area contributed by atoms with Gasteiger partial charge in [-0.25, -0.2) is 4.98 Å². The van der Waals surface area contributed by atoms with E-state index in [2.05, 4.69) is 39.2 Å². The molecule has 1 N–H and O–H groups in total. The highest BCUT2D eigenvalue weighted by atomic mass is 32.2. The van der Waals surface area contributed by atoms with Gasteiger partial charge in [-0.05, 0) is 48.6 Å². The van der Waals surface area contributed by atoms with E-state index in [1.807, 2.05) is 35.4 Å². The van der Waals surface area contributed by atoms with Gasteiger partial charge in [0.1, 0.15) is 0 Å². The number of anilines is 1. The largest absolute Gasteiger partial charge is 0.338 e. The third-order valence-corrected chi connectivity index (χ3v) is 6.31. The van der Waals surface area contributed by atoms with E-state index in [-0.39, 0.29) is 5.91 Å². The average Bonchev–Trinajstić information content (AvgIpc) is 3.11. The minimum absolute atomic E-state index is 0.0148. The molecular formula is C21H26N3OS2+. The molecule has 0 aliphatic heterocycles. The summed E-state index contributed by atoms with van der Waals surface area (Å²) < 4.78 is 1.14. The number of fused-ring (bicyclic) bond motifs is 1. The lowest BCUT2D eigenvalue weighted by atomic mass is 10.1. The lowest BCUT2D eigenvalue weighted by Gasteiger charge is -2.20. The van der Waals surface area contributed by atoms with Gasteiger partial charge in [-0.2, -0.15) is 0 Å². The third-order valence-electron chi connectivity index (χ3n) is 4.52. The zero-order chi connectivity index (χ0) is 19.4. The van der Waals surface area contributed by atoms with Gasteiger partial charge in [0.05, 0.1) is 37.4 Å². The zero-order valence-electron chi connectivity index (χ0n) is 16.3. The molecule has 4 nitrogen and oxygen atoms in total. The molecule has 1 amide bonds. The van der Waals surface area contributed by atoms with Gasteiger partial charge in [0.25, 0.3) is 5.91 Å². The number of carbonyl (C=O) groups excluding carboxylic acids is 1. The second-order valence-electron chi connectivity index (χ2n) is 6.76. The molecule has 142 valence electrons. The monoisotopic (exact) mass is 400 g/mol. The van der Waals surface area contributed by atoms with Gasteiger partial charge in [-0.3, -0.25) is 9.69 Å². The Bertz CT molecular complexity index is 919. The molecule has 0 aliphatic carbocycles. The summed E-state index contributed by atoms with van der Waals surface area (Å²) >= 11 is 3.27. The van der Waals surface area contributed by atoms with E-state index in [1.165, 1.54) is 10.5 Å².